The maximum Gasteiger partial charge on any atom is 0.387 e. The Morgan fingerprint density at radius 1 is 1.08 bits per heavy atom. The summed E-state index contributed by atoms with van der Waals surface area (Å²) in [5.41, 5.74) is 3.28. The van der Waals surface area contributed by atoms with Gasteiger partial charge in [-0.2, -0.15) is 8.78 Å². The molecule has 3 aromatic heterocycles. The Morgan fingerprint density at radius 3 is 2.46 bits per heavy atom. The van der Waals surface area contributed by atoms with Crippen LogP contribution < -0.4 is 9.64 Å². The third-order valence-corrected chi connectivity index (χ3v) is 6.63. The van der Waals surface area contributed by atoms with Gasteiger partial charge in [0.25, 0.3) is 0 Å². The van der Waals surface area contributed by atoms with E-state index in [0.29, 0.717) is 48.9 Å². The lowest BCUT2D eigenvalue weighted by Crippen LogP contribution is -2.37. The topological polar surface area (TPSA) is 113 Å². The molecule has 37 heavy (non-hydrogen) atoms. The Hall–Kier alpha value is -4.12. The number of halogens is 2. The molecule has 0 bridgehead atoms. The molecule has 1 atom stereocenters. The van der Waals surface area contributed by atoms with Crippen LogP contribution in [-0.2, 0) is 4.79 Å². The first kappa shape index (κ1) is 24.6. The number of ether oxygens (including phenoxy) is 1. The molecule has 0 aliphatic carbocycles. The number of piperidine rings is 1. The molecule has 0 amide bonds. The fourth-order valence-corrected chi connectivity index (χ4v) is 4.70. The van der Waals surface area contributed by atoms with Gasteiger partial charge in [-0.25, -0.2) is 15.0 Å². The zero-order valence-corrected chi connectivity index (χ0v) is 20.0. The number of fused-ring (bicyclic) bond motifs is 1. The van der Waals surface area contributed by atoms with E-state index in [9.17, 15) is 23.8 Å². The molecule has 4 heterocycles. The van der Waals surface area contributed by atoms with E-state index < -0.39 is 18.7 Å². The number of aliphatic hydroxyl groups excluding tert-OH is 1. The largest absolute Gasteiger partial charge is 0.481 e. The summed E-state index contributed by atoms with van der Waals surface area (Å²) in [6.07, 6.45) is 5.02. The number of carboxylic acids is 1. The highest BCUT2D eigenvalue weighted by Gasteiger charge is 2.26. The molecule has 1 aliphatic heterocycles. The fraction of sp³-hybridized carbons (Fsp3) is 0.308. The highest BCUT2D eigenvalue weighted by Crippen LogP contribution is 2.34. The van der Waals surface area contributed by atoms with Crippen LogP contribution in [-0.4, -0.2) is 55.2 Å². The van der Waals surface area contributed by atoms with Crippen molar-refractivity contribution in [3.63, 3.8) is 0 Å². The zero-order chi connectivity index (χ0) is 26.1. The van der Waals surface area contributed by atoms with Gasteiger partial charge in [-0.05, 0) is 38.0 Å². The SMILES string of the molecule is Cc1nc2ccc(-c3cnc(N4CCC(C(=O)O)CC4)nc3)cn2c1C(O)c1ccccc1OC(F)F. The van der Waals surface area contributed by atoms with Crippen molar-refractivity contribution in [1.29, 1.82) is 0 Å². The molecular weight excluding hydrogens is 484 g/mol. The number of alkyl halides is 2. The van der Waals surface area contributed by atoms with Crippen LogP contribution in [0.2, 0.25) is 0 Å². The maximum atomic E-state index is 12.9. The molecule has 4 aromatic rings. The number of nitrogens with zero attached hydrogens (tertiary/aromatic N) is 5. The number of anilines is 1. The molecule has 1 aromatic carbocycles. The number of hydrogen-bond donors (Lipinski definition) is 2. The Morgan fingerprint density at radius 2 is 1.78 bits per heavy atom. The van der Waals surface area contributed by atoms with Gasteiger partial charge in [-0.15, -0.1) is 0 Å². The number of aliphatic carboxylic acids is 1. The maximum absolute atomic E-state index is 12.9. The monoisotopic (exact) mass is 509 g/mol. The smallest absolute Gasteiger partial charge is 0.387 e. The van der Waals surface area contributed by atoms with Gasteiger partial charge in [0.2, 0.25) is 5.95 Å². The lowest BCUT2D eigenvalue weighted by Gasteiger charge is -2.30. The molecule has 1 saturated heterocycles. The second-order valence-corrected chi connectivity index (χ2v) is 8.92. The van der Waals surface area contributed by atoms with Gasteiger partial charge in [-0.3, -0.25) is 4.79 Å². The number of carbonyl (C=O) groups is 1. The van der Waals surface area contributed by atoms with Gasteiger partial charge in [0.15, 0.2) is 0 Å². The highest BCUT2D eigenvalue weighted by molar-refractivity contribution is 5.70. The van der Waals surface area contributed by atoms with Crippen LogP contribution in [0.4, 0.5) is 14.7 Å². The normalized spacial score (nSPS) is 15.3. The number of hydrogen-bond acceptors (Lipinski definition) is 7. The summed E-state index contributed by atoms with van der Waals surface area (Å²) in [6, 6.07) is 9.79. The summed E-state index contributed by atoms with van der Waals surface area (Å²) >= 11 is 0. The van der Waals surface area contributed by atoms with Crippen LogP contribution in [0, 0.1) is 12.8 Å². The highest BCUT2D eigenvalue weighted by atomic mass is 19.3. The second kappa shape index (κ2) is 10.1. The van der Waals surface area contributed by atoms with E-state index in [4.69, 9.17) is 0 Å². The average Bonchev–Trinajstić information content (AvgIpc) is 3.23. The Bertz CT molecular complexity index is 1420. The Kier molecular flexibility index (Phi) is 6.70. The van der Waals surface area contributed by atoms with Crippen molar-refractivity contribution in [2.45, 2.75) is 32.5 Å². The van der Waals surface area contributed by atoms with Gasteiger partial charge in [0.1, 0.15) is 17.5 Å². The summed E-state index contributed by atoms with van der Waals surface area (Å²) in [5.74, 6) is -0.666. The van der Waals surface area contributed by atoms with Crippen molar-refractivity contribution in [3.8, 4) is 16.9 Å². The molecule has 5 rings (SSSR count). The average molecular weight is 510 g/mol. The number of para-hydroxylation sites is 1. The van der Waals surface area contributed by atoms with Crippen LogP contribution in [0.3, 0.4) is 0 Å². The minimum absolute atomic E-state index is 0.105. The third-order valence-electron chi connectivity index (χ3n) is 6.63. The van der Waals surface area contributed by atoms with Crippen molar-refractivity contribution in [2.24, 2.45) is 5.92 Å². The number of aryl methyl sites for hydroxylation is 1. The van der Waals surface area contributed by atoms with Gasteiger partial charge in [0, 0.05) is 48.4 Å². The first-order chi connectivity index (χ1) is 17.8. The summed E-state index contributed by atoms with van der Waals surface area (Å²) in [7, 11) is 0. The predicted octanol–water partition coefficient (Wildman–Crippen LogP) is 4.08. The standard InChI is InChI=1S/C26H25F2N5O4/c1-15-22(23(34)19-4-2-3-5-20(19)37-25(27)28)33-14-17(6-7-21(33)31-15)18-12-29-26(30-13-18)32-10-8-16(9-11-32)24(35)36/h2-7,12-14,16,23,25,34H,8-11H2,1H3,(H,35,36). The van der Waals surface area contributed by atoms with E-state index in [1.807, 2.05) is 11.0 Å². The number of carboxylic acid groups (broad SMARTS) is 1. The van der Waals surface area contributed by atoms with E-state index in [1.165, 1.54) is 12.1 Å². The summed E-state index contributed by atoms with van der Waals surface area (Å²) in [5, 5.41) is 20.4. The molecule has 9 nitrogen and oxygen atoms in total. The summed E-state index contributed by atoms with van der Waals surface area (Å²) in [6.45, 7) is -0.120. The van der Waals surface area contributed by atoms with Crippen LogP contribution in [0.15, 0.2) is 55.0 Å². The molecule has 192 valence electrons. The van der Waals surface area contributed by atoms with E-state index in [0.717, 1.165) is 11.1 Å². The molecule has 1 fully saturated rings. The first-order valence-electron chi connectivity index (χ1n) is 11.8. The minimum atomic E-state index is -3.02. The van der Waals surface area contributed by atoms with Crippen LogP contribution in [0.5, 0.6) is 5.75 Å². The lowest BCUT2D eigenvalue weighted by atomic mass is 9.97. The molecule has 1 aliphatic rings. The third kappa shape index (κ3) is 4.94. The van der Waals surface area contributed by atoms with E-state index in [-0.39, 0.29) is 17.2 Å². The van der Waals surface area contributed by atoms with Crippen LogP contribution >= 0.6 is 0 Å². The number of imidazole rings is 1. The van der Waals surface area contributed by atoms with Crippen molar-refractivity contribution < 1.29 is 28.5 Å². The van der Waals surface area contributed by atoms with Gasteiger partial charge in [0.05, 0.1) is 17.3 Å². The van der Waals surface area contributed by atoms with E-state index >= 15 is 0 Å². The molecule has 1 unspecified atom stereocenters. The molecule has 0 radical (unpaired) electrons. The number of benzene rings is 1. The fourth-order valence-electron chi connectivity index (χ4n) is 4.70. The van der Waals surface area contributed by atoms with Crippen molar-refractivity contribution in [2.75, 3.05) is 18.0 Å². The molecule has 2 N–H and O–H groups in total. The van der Waals surface area contributed by atoms with Crippen molar-refractivity contribution in [3.05, 3.63) is 71.9 Å². The molecule has 0 spiro atoms. The molecular formula is C26H25F2N5O4. The number of rotatable bonds is 7. The van der Waals surface area contributed by atoms with Gasteiger partial charge < -0.3 is 24.3 Å². The zero-order valence-electron chi connectivity index (χ0n) is 20.0. The Labute approximate surface area is 211 Å². The van der Waals surface area contributed by atoms with Crippen molar-refractivity contribution in [1.82, 2.24) is 19.4 Å². The van der Waals surface area contributed by atoms with Crippen LogP contribution in [0.1, 0.15) is 35.9 Å². The first-order valence-corrected chi connectivity index (χ1v) is 11.8. The van der Waals surface area contributed by atoms with Crippen LogP contribution in [0.25, 0.3) is 16.8 Å². The second-order valence-electron chi connectivity index (χ2n) is 8.92. The molecule has 0 saturated carbocycles. The lowest BCUT2D eigenvalue weighted by molar-refractivity contribution is -0.142. The van der Waals surface area contributed by atoms with Gasteiger partial charge >= 0.3 is 12.6 Å². The quantitative estimate of drug-likeness (QED) is 0.383. The van der Waals surface area contributed by atoms with E-state index in [1.54, 1.807) is 48.1 Å². The number of aliphatic hydroxyl groups is 1. The van der Waals surface area contributed by atoms with Gasteiger partial charge in [-0.1, -0.05) is 18.2 Å². The minimum Gasteiger partial charge on any atom is -0.481 e. The molecule has 11 heteroatoms. The summed E-state index contributed by atoms with van der Waals surface area (Å²) in [4.78, 5) is 26.6. The van der Waals surface area contributed by atoms with E-state index in [2.05, 4.69) is 19.7 Å². The Balaban J connectivity index is 1.43. The van der Waals surface area contributed by atoms with Crippen molar-refractivity contribution >= 4 is 17.6 Å². The number of pyridine rings is 1. The number of aromatic nitrogens is 4. The summed E-state index contributed by atoms with van der Waals surface area (Å²) < 4.78 is 32.2. The predicted molar refractivity (Wildman–Crippen MR) is 131 cm³/mol.